The summed E-state index contributed by atoms with van der Waals surface area (Å²) in [5.41, 5.74) is 0.761. The molecule has 168 valence electrons. The highest BCUT2D eigenvalue weighted by atomic mass is 19.3. The van der Waals surface area contributed by atoms with Gasteiger partial charge < -0.3 is 18.9 Å². The van der Waals surface area contributed by atoms with Crippen LogP contribution in [0.15, 0.2) is 42.7 Å². The van der Waals surface area contributed by atoms with E-state index in [0.717, 1.165) is 10.5 Å². The number of hydrogen-bond acceptors (Lipinski definition) is 6. The van der Waals surface area contributed by atoms with Gasteiger partial charge in [0.1, 0.15) is 17.7 Å². The van der Waals surface area contributed by atoms with Crippen LogP contribution in [0.25, 0.3) is 0 Å². The number of pyridine rings is 1. The van der Waals surface area contributed by atoms with E-state index in [2.05, 4.69) is 15.2 Å². The van der Waals surface area contributed by atoms with Gasteiger partial charge in [-0.15, -0.1) is 10.2 Å². The van der Waals surface area contributed by atoms with E-state index in [-0.39, 0.29) is 35.5 Å². The molecule has 1 saturated heterocycles. The van der Waals surface area contributed by atoms with Gasteiger partial charge in [0.15, 0.2) is 5.82 Å². The van der Waals surface area contributed by atoms with Crippen LogP contribution in [0, 0.1) is 5.82 Å². The lowest BCUT2D eigenvalue weighted by molar-refractivity contribution is 0.0117. The Hall–Kier alpha value is -3.63. The molecular formula is C21H20F3N5O3. The summed E-state index contributed by atoms with van der Waals surface area (Å²) in [5.74, 6) is -3.76. The second-order valence-electron chi connectivity index (χ2n) is 7.36. The van der Waals surface area contributed by atoms with Crippen molar-refractivity contribution in [2.75, 3.05) is 20.8 Å². The molecule has 1 aliphatic heterocycles. The lowest BCUT2D eigenvalue weighted by atomic mass is 10.1. The summed E-state index contributed by atoms with van der Waals surface area (Å²) in [6.45, 7) is -0.546. The molecule has 1 amide bonds. The summed E-state index contributed by atoms with van der Waals surface area (Å²) in [4.78, 5) is 18.4. The zero-order chi connectivity index (χ0) is 22.9. The summed E-state index contributed by atoms with van der Waals surface area (Å²) >= 11 is 0. The van der Waals surface area contributed by atoms with Gasteiger partial charge in [-0.25, -0.2) is 13.2 Å². The molecule has 3 heterocycles. The molecular weight excluding hydrogens is 427 g/mol. The predicted molar refractivity (Wildman–Crippen MR) is 106 cm³/mol. The summed E-state index contributed by atoms with van der Waals surface area (Å²) < 4.78 is 53.9. The van der Waals surface area contributed by atoms with E-state index in [1.54, 1.807) is 16.7 Å². The van der Waals surface area contributed by atoms with Crippen molar-refractivity contribution in [2.45, 2.75) is 24.9 Å². The van der Waals surface area contributed by atoms with Gasteiger partial charge in [0.05, 0.1) is 33.4 Å². The van der Waals surface area contributed by atoms with Gasteiger partial charge in [-0.1, -0.05) is 12.1 Å². The second kappa shape index (κ2) is 8.48. The predicted octanol–water partition coefficient (Wildman–Crippen LogP) is 3.10. The highest BCUT2D eigenvalue weighted by Gasteiger charge is 2.50. The maximum atomic E-state index is 14.5. The van der Waals surface area contributed by atoms with Crippen LogP contribution in [-0.4, -0.2) is 57.2 Å². The first-order valence-electron chi connectivity index (χ1n) is 9.71. The van der Waals surface area contributed by atoms with Crippen LogP contribution in [0.2, 0.25) is 0 Å². The van der Waals surface area contributed by atoms with Gasteiger partial charge in [-0.3, -0.25) is 4.79 Å². The van der Waals surface area contributed by atoms with Crippen molar-refractivity contribution in [1.82, 2.24) is 24.6 Å². The Bertz CT molecular complexity index is 1120. The molecule has 0 radical (unpaired) electrons. The second-order valence-corrected chi connectivity index (χ2v) is 7.36. The third kappa shape index (κ3) is 4.23. The van der Waals surface area contributed by atoms with E-state index in [0.29, 0.717) is 0 Å². The number of carbonyl (C=O) groups is 1. The minimum atomic E-state index is -3.11. The summed E-state index contributed by atoms with van der Waals surface area (Å²) in [7, 11) is 2.74. The zero-order valence-corrected chi connectivity index (χ0v) is 17.3. The van der Waals surface area contributed by atoms with Gasteiger partial charge in [0.25, 0.3) is 11.8 Å². The van der Waals surface area contributed by atoms with Crippen LogP contribution in [-0.2, 0) is 6.54 Å². The fourth-order valence-corrected chi connectivity index (χ4v) is 3.70. The van der Waals surface area contributed by atoms with E-state index in [1.807, 2.05) is 0 Å². The van der Waals surface area contributed by atoms with Gasteiger partial charge in [0.2, 0.25) is 11.8 Å². The first kappa shape index (κ1) is 21.6. The third-order valence-electron chi connectivity index (χ3n) is 5.21. The number of amides is 1. The molecule has 8 nitrogen and oxygen atoms in total. The smallest absolute Gasteiger partial charge is 0.267 e. The minimum Gasteiger partial charge on any atom is -0.481 e. The first-order valence-corrected chi connectivity index (χ1v) is 9.71. The molecule has 1 aromatic carbocycles. The molecule has 11 heteroatoms. The lowest BCUT2D eigenvalue weighted by Gasteiger charge is -2.24. The van der Waals surface area contributed by atoms with Gasteiger partial charge in [-0.05, 0) is 23.8 Å². The van der Waals surface area contributed by atoms with E-state index in [1.165, 1.54) is 44.8 Å². The molecule has 4 rings (SSSR count). The van der Waals surface area contributed by atoms with Crippen LogP contribution in [0.5, 0.6) is 11.8 Å². The fraction of sp³-hybridized carbons (Fsp3) is 0.333. The van der Waals surface area contributed by atoms with Crippen LogP contribution in [0.3, 0.4) is 0 Å². The van der Waals surface area contributed by atoms with Crippen molar-refractivity contribution in [3.63, 3.8) is 0 Å². The molecule has 0 unspecified atom stereocenters. The first-order chi connectivity index (χ1) is 15.3. The number of rotatable bonds is 6. The summed E-state index contributed by atoms with van der Waals surface area (Å²) in [6, 6.07) is 7.63. The maximum absolute atomic E-state index is 14.5. The molecule has 0 spiro atoms. The molecule has 0 saturated carbocycles. The third-order valence-corrected chi connectivity index (χ3v) is 5.21. The maximum Gasteiger partial charge on any atom is 0.267 e. The van der Waals surface area contributed by atoms with E-state index in [9.17, 15) is 18.0 Å². The summed E-state index contributed by atoms with van der Waals surface area (Å²) in [6.07, 6.45) is 0.792. The molecule has 1 atom stereocenters. The van der Waals surface area contributed by atoms with Crippen molar-refractivity contribution >= 4 is 5.91 Å². The van der Waals surface area contributed by atoms with Crippen LogP contribution in [0.1, 0.15) is 34.2 Å². The number of alkyl halides is 2. The number of aromatic nitrogens is 4. The molecule has 1 aliphatic rings. The van der Waals surface area contributed by atoms with Crippen molar-refractivity contribution < 1.29 is 27.4 Å². The van der Waals surface area contributed by atoms with Gasteiger partial charge >= 0.3 is 0 Å². The van der Waals surface area contributed by atoms with Crippen LogP contribution >= 0.6 is 0 Å². The SMILES string of the molecule is COc1ccc(C(=O)N2CC(F)(F)C[C@H]2c2nncn2Cc2ccc(F)cc2)c(OC)n1. The number of halogens is 3. The highest BCUT2D eigenvalue weighted by Crippen LogP contribution is 2.42. The Morgan fingerprint density at radius 1 is 1.16 bits per heavy atom. The molecule has 0 bridgehead atoms. The van der Waals surface area contributed by atoms with E-state index >= 15 is 0 Å². The Morgan fingerprint density at radius 3 is 2.59 bits per heavy atom. The Morgan fingerprint density at radius 2 is 1.91 bits per heavy atom. The van der Waals surface area contributed by atoms with Crippen molar-refractivity contribution in [3.8, 4) is 11.8 Å². The Kier molecular flexibility index (Phi) is 5.72. The Balaban J connectivity index is 1.66. The van der Waals surface area contributed by atoms with Gasteiger partial charge in [0, 0.05) is 12.5 Å². The van der Waals surface area contributed by atoms with Crippen molar-refractivity contribution in [3.05, 3.63) is 65.5 Å². The van der Waals surface area contributed by atoms with E-state index < -0.39 is 30.8 Å². The van der Waals surface area contributed by atoms with Crippen LogP contribution < -0.4 is 9.47 Å². The molecule has 1 fully saturated rings. The number of nitrogens with zero attached hydrogens (tertiary/aromatic N) is 5. The molecule has 32 heavy (non-hydrogen) atoms. The van der Waals surface area contributed by atoms with Crippen LogP contribution in [0.4, 0.5) is 13.2 Å². The number of likely N-dealkylation sites (tertiary alicyclic amines) is 1. The number of ether oxygens (including phenoxy) is 2. The largest absolute Gasteiger partial charge is 0.481 e. The quantitative estimate of drug-likeness (QED) is 0.578. The summed E-state index contributed by atoms with van der Waals surface area (Å²) in [5, 5.41) is 7.87. The molecule has 3 aromatic rings. The fourth-order valence-electron chi connectivity index (χ4n) is 3.70. The van der Waals surface area contributed by atoms with E-state index in [4.69, 9.17) is 9.47 Å². The lowest BCUT2D eigenvalue weighted by Crippen LogP contribution is -2.34. The topological polar surface area (TPSA) is 82.4 Å². The number of carbonyl (C=O) groups excluding carboxylic acids is 1. The number of hydrogen-bond donors (Lipinski definition) is 0. The zero-order valence-electron chi connectivity index (χ0n) is 17.3. The monoisotopic (exact) mass is 447 g/mol. The number of benzene rings is 1. The average molecular weight is 447 g/mol. The number of methoxy groups -OCH3 is 2. The molecule has 2 aromatic heterocycles. The molecule has 0 aliphatic carbocycles. The highest BCUT2D eigenvalue weighted by molar-refractivity contribution is 5.97. The van der Waals surface area contributed by atoms with Crippen molar-refractivity contribution in [2.24, 2.45) is 0 Å². The normalized spacial score (nSPS) is 17.4. The standard InChI is InChI=1S/C21H20F3N5O3/c1-31-17-8-7-15(19(26-17)32-2)20(30)29-11-21(23,24)9-16(29)18-27-25-12-28(18)10-13-3-5-14(22)6-4-13/h3-8,12,16H,9-11H2,1-2H3/t16-/m0/s1. The Labute approximate surface area is 181 Å². The van der Waals surface area contributed by atoms with Gasteiger partial charge in [-0.2, -0.15) is 4.98 Å². The van der Waals surface area contributed by atoms with Crippen molar-refractivity contribution in [1.29, 1.82) is 0 Å². The average Bonchev–Trinajstić information content (AvgIpc) is 3.37. The minimum absolute atomic E-state index is 0.0283. The molecule has 0 N–H and O–H groups in total.